The van der Waals surface area contributed by atoms with E-state index in [9.17, 15) is 24.9 Å². The number of carboxylic acid groups (broad SMARTS) is 2. The molecule has 0 bridgehead atoms. The Balaban J connectivity index is 1.87. The summed E-state index contributed by atoms with van der Waals surface area (Å²) in [6.07, 6.45) is -1.48. The number of aromatic nitrogens is 1. The van der Waals surface area contributed by atoms with Crippen LogP contribution in [0.25, 0.3) is 10.9 Å². The Hall–Kier alpha value is -3.52. The lowest BCUT2D eigenvalue weighted by molar-refractivity contribution is -0.147. The number of phenolic OH excluding ortho intramolecular Hbond substituents is 1. The number of hydrogen-bond donors (Lipinski definition) is 5. The molecule has 3 aromatic rings. The number of hydrogen-bond acceptors (Lipinski definition) is 5. The Kier molecular flexibility index (Phi) is 5.51. The van der Waals surface area contributed by atoms with Crippen molar-refractivity contribution in [3.63, 3.8) is 0 Å². The lowest BCUT2D eigenvalue weighted by atomic mass is 10.0. The average Bonchev–Trinajstić information content (AvgIpc) is 3.06. The van der Waals surface area contributed by atoms with Crippen LogP contribution in [0.3, 0.4) is 0 Å². The largest absolute Gasteiger partial charge is 0.508 e. The summed E-state index contributed by atoms with van der Waals surface area (Å²) in [4.78, 5) is 25.7. The molecule has 2 unspecified atom stereocenters. The maximum Gasteiger partial charge on any atom is 0.345 e. The quantitative estimate of drug-likeness (QED) is 0.399. The molecule has 0 radical (unpaired) electrons. The third-order valence-electron chi connectivity index (χ3n) is 4.37. The zero-order chi connectivity index (χ0) is 20.3. The van der Waals surface area contributed by atoms with Crippen molar-refractivity contribution < 1.29 is 34.8 Å². The molecule has 0 saturated carbocycles. The van der Waals surface area contributed by atoms with E-state index in [0.29, 0.717) is 0 Å². The second-order valence-corrected chi connectivity index (χ2v) is 6.36. The number of rotatable bonds is 8. The highest BCUT2D eigenvalue weighted by Crippen LogP contribution is 2.28. The molecule has 146 valence electrons. The smallest absolute Gasteiger partial charge is 0.345 e. The van der Waals surface area contributed by atoms with Gasteiger partial charge in [0.15, 0.2) is 12.2 Å². The molecule has 0 saturated heterocycles. The fourth-order valence-corrected chi connectivity index (χ4v) is 2.95. The van der Waals surface area contributed by atoms with Crippen LogP contribution in [0.1, 0.15) is 11.1 Å². The van der Waals surface area contributed by atoms with Crippen molar-refractivity contribution in [2.75, 3.05) is 0 Å². The van der Waals surface area contributed by atoms with Crippen molar-refractivity contribution in [2.24, 2.45) is 0 Å². The summed E-state index contributed by atoms with van der Waals surface area (Å²) in [5, 5.41) is 38.7. The first kappa shape index (κ1) is 19.2. The Morgan fingerprint density at radius 3 is 2.46 bits per heavy atom. The number of aliphatic hydroxyl groups is 1. The summed E-state index contributed by atoms with van der Waals surface area (Å²) in [6, 6.07) is 11.3. The van der Waals surface area contributed by atoms with Crippen LogP contribution in [-0.2, 0) is 22.4 Å². The fourth-order valence-electron chi connectivity index (χ4n) is 2.95. The fraction of sp³-hybridized carbons (Fsp3) is 0.200. The molecule has 0 fully saturated rings. The first-order valence-electron chi connectivity index (χ1n) is 8.52. The predicted molar refractivity (Wildman–Crippen MR) is 99.5 cm³/mol. The number of aliphatic hydroxyl groups excluding tert-OH is 1. The van der Waals surface area contributed by atoms with E-state index in [4.69, 9.17) is 9.84 Å². The predicted octanol–water partition coefficient (Wildman–Crippen LogP) is 1.94. The number of carbonyl (C=O) groups is 2. The number of aromatic hydroxyl groups is 1. The highest BCUT2D eigenvalue weighted by molar-refractivity contribution is 5.84. The molecule has 3 rings (SSSR count). The van der Waals surface area contributed by atoms with Gasteiger partial charge in [-0.1, -0.05) is 24.3 Å². The van der Waals surface area contributed by atoms with E-state index in [2.05, 4.69) is 4.98 Å². The van der Waals surface area contributed by atoms with E-state index in [1.807, 2.05) is 24.3 Å². The van der Waals surface area contributed by atoms with Crippen LogP contribution in [0, 0.1) is 0 Å². The molecule has 1 heterocycles. The standard InChI is InChI=1S/C20H19NO7/c22-13-6-5-11(7-16(23)19(24)25)17(9-13)28-18(20(26)27)8-12-10-21-15-4-2-1-3-14(12)15/h1-6,9-10,16,18,21-23H,7-8H2,(H,24,25)(H,26,27). The van der Waals surface area contributed by atoms with Gasteiger partial charge >= 0.3 is 11.9 Å². The second kappa shape index (κ2) is 8.01. The molecule has 0 aliphatic heterocycles. The van der Waals surface area contributed by atoms with Gasteiger partial charge in [-0.05, 0) is 23.3 Å². The molecule has 0 spiro atoms. The van der Waals surface area contributed by atoms with E-state index in [1.54, 1.807) is 6.20 Å². The van der Waals surface area contributed by atoms with Crippen LogP contribution in [0.5, 0.6) is 11.5 Å². The first-order chi connectivity index (χ1) is 13.3. The third-order valence-corrected chi connectivity index (χ3v) is 4.37. The van der Waals surface area contributed by atoms with Gasteiger partial charge in [0.1, 0.15) is 11.5 Å². The van der Waals surface area contributed by atoms with Crippen LogP contribution in [0.4, 0.5) is 0 Å². The van der Waals surface area contributed by atoms with Gasteiger partial charge in [-0.2, -0.15) is 0 Å². The van der Waals surface area contributed by atoms with Crippen molar-refractivity contribution >= 4 is 22.8 Å². The zero-order valence-electron chi connectivity index (χ0n) is 14.7. The van der Waals surface area contributed by atoms with E-state index >= 15 is 0 Å². The Morgan fingerprint density at radius 2 is 1.75 bits per heavy atom. The highest BCUT2D eigenvalue weighted by Gasteiger charge is 2.24. The van der Waals surface area contributed by atoms with E-state index in [1.165, 1.54) is 18.2 Å². The first-order valence-corrected chi connectivity index (χ1v) is 8.52. The van der Waals surface area contributed by atoms with Gasteiger partial charge in [0.25, 0.3) is 0 Å². The number of nitrogens with one attached hydrogen (secondary N) is 1. The van der Waals surface area contributed by atoms with Gasteiger partial charge in [-0.15, -0.1) is 0 Å². The highest BCUT2D eigenvalue weighted by atomic mass is 16.5. The number of benzene rings is 2. The third kappa shape index (κ3) is 4.24. The van der Waals surface area contributed by atoms with Gasteiger partial charge in [0.05, 0.1) is 0 Å². The number of aliphatic carboxylic acids is 2. The minimum Gasteiger partial charge on any atom is -0.508 e. The van der Waals surface area contributed by atoms with E-state index in [0.717, 1.165) is 16.5 Å². The maximum absolute atomic E-state index is 11.8. The lowest BCUT2D eigenvalue weighted by Crippen LogP contribution is -2.30. The summed E-state index contributed by atoms with van der Waals surface area (Å²) in [5.41, 5.74) is 1.89. The van der Waals surface area contributed by atoms with Crippen LogP contribution in [0.15, 0.2) is 48.7 Å². The van der Waals surface area contributed by atoms with Crippen LogP contribution < -0.4 is 4.74 Å². The monoisotopic (exact) mass is 385 g/mol. The number of phenols is 1. The minimum atomic E-state index is -1.68. The van der Waals surface area contributed by atoms with E-state index < -0.39 is 24.1 Å². The number of H-pyrrole nitrogens is 1. The second-order valence-electron chi connectivity index (χ2n) is 6.36. The van der Waals surface area contributed by atoms with Crippen molar-refractivity contribution in [1.82, 2.24) is 4.98 Å². The number of fused-ring (bicyclic) bond motifs is 1. The Bertz CT molecular complexity index is 1010. The van der Waals surface area contributed by atoms with Crippen molar-refractivity contribution in [2.45, 2.75) is 25.0 Å². The van der Waals surface area contributed by atoms with Gasteiger partial charge in [0.2, 0.25) is 0 Å². The number of para-hydroxylation sites is 1. The summed E-state index contributed by atoms with van der Waals surface area (Å²) in [6.45, 7) is 0. The van der Waals surface area contributed by atoms with Gasteiger partial charge < -0.3 is 30.1 Å². The molecule has 2 atom stereocenters. The molecule has 2 aromatic carbocycles. The van der Waals surface area contributed by atoms with Crippen LogP contribution in [-0.4, -0.2) is 49.6 Å². The minimum absolute atomic E-state index is 0.00698. The molecule has 1 aromatic heterocycles. The Labute approximate surface area is 159 Å². The van der Waals surface area contributed by atoms with Crippen molar-refractivity contribution in [1.29, 1.82) is 0 Å². The SMILES string of the molecule is O=C(O)C(O)Cc1ccc(O)cc1OC(Cc1c[nH]c2ccccc12)C(=O)O. The summed E-state index contributed by atoms with van der Waals surface area (Å²) in [7, 11) is 0. The topological polar surface area (TPSA) is 140 Å². The van der Waals surface area contributed by atoms with Crippen molar-refractivity contribution in [3.05, 3.63) is 59.8 Å². The van der Waals surface area contributed by atoms with Crippen LogP contribution >= 0.6 is 0 Å². The van der Waals surface area contributed by atoms with Gasteiger partial charge in [-0.3, -0.25) is 0 Å². The Morgan fingerprint density at radius 1 is 1.00 bits per heavy atom. The van der Waals surface area contributed by atoms with Crippen molar-refractivity contribution in [3.8, 4) is 11.5 Å². The van der Waals surface area contributed by atoms with E-state index in [-0.39, 0.29) is 29.9 Å². The summed E-state index contributed by atoms with van der Waals surface area (Å²) < 4.78 is 5.61. The summed E-state index contributed by atoms with van der Waals surface area (Å²) >= 11 is 0. The zero-order valence-corrected chi connectivity index (χ0v) is 14.7. The number of aromatic amines is 1. The van der Waals surface area contributed by atoms with Gasteiger partial charge in [0, 0.05) is 36.0 Å². The molecule has 0 aliphatic carbocycles. The molecule has 28 heavy (non-hydrogen) atoms. The normalized spacial score (nSPS) is 13.2. The molecule has 8 nitrogen and oxygen atoms in total. The average molecular weight is 385 g/mol. The molecular formula is C20H19NO7. The van der Waals surface area contributed by atoms with Gasteiger partial charge in [-0.25, -0.2) is 9.59 Å². The number of ether oxygens (including phenoxy) is 1. The maximum atomic E-state index is 11.8. The molecular weight excluding hydrogens is 366 g/mol. The summed E-state index contributed by atoms with van der Waals surface area (Å²) in [5.74, 6) is -2.78. The molecule has 8 heteroatoms. The molecule has 0 aliphatic rings. The molecule has 5 N–H and O–H groups in total. The number of carboxylic acids is 2. The van der Waals surface area contributed by atoms with Crippen LogP contribution in [0.2, 0.25) is 0 Å². The lowest BCUT2D eigenvalue weighted by Gasteiger charge is -2.18. The molecule has 0 amide bonds.